The minimum absolute atomic E-state index is 0.245. The van der Waals surface area contributed by atoms with Gasteiger partial charge < -0.3 is 10.1 Å². The van der Waals surface area contributed by atoms with Crippen molar-refractivity contribution in [1.29, 1.82) is 0 Å². The molecule has 0 fully saturated rings. The average Bonchev–Trinajstić information content (AvgIpc) is 2.73. The predicted octanol–water partition coefficient (Wildman–Crippen LogP) is 4.53. The summed E-state index contributed by atoms with van der Waals surface area (Å²) in [5.41, 5.74) is 3.20. The fourth-order valence-electron chi connectivity index (χ4n) is 2.74. The third-order valence-corrected chi connectivity index (χ3v) is 4.30. The monoisotopic (exact) mass is 377 g/mol. The lowest BCUT2D eigenvalue weighted by Gasteiger charge is -2.14. The molecule has 0 spiro atoms. The fourth-order valence-corrected chi connectivity index (χ4v) is 2.74. The highest BCUT2D eigenvalue weighted by atomic mass is 19.1. The Labute approximate surface area is 163 Å². The lowest BCUT2D eigenvalue weighted by atomic mass is 10.0. The molecule has 0 bridgehead atoms. The summed E-state index contributed by atoms with van der Waals surface area (Å²) in [6, 6.07) is 22.7. The Bertz CT molecular complexity index is 938. The number of esters is 1. The molecule has 0 radical (unpaired) electrons. The van der Waals surface area contributed by atoms with Crippen molar-refractivity contribution in [3.05, 3.63) is 95.8 Å². The normalized spacial score (nSPS) is 11.5. The summed E-state index contributed by atoms with van der Waals surface area (Å²) >= 11 is 0. The number of nitrogens with one attached hydrogen (secondary N) is 1. The molecule has 3 aromatic rings. The van der Waals surface area contributed by atoms with Crippen molar-refractivity contribution in [3.8, 4) is 11.1 Å². The molecule has 0 saturated heterocycles. The molecule has 0 aliphatic carbocycles. The number of amides is 1. The van der Waals surface area contributed by atoms with Gasteiger partial charge in [0, 0.05) is 5.56 Å². The molecule has 1 atom stereocenters. The van der Waals surface area contributed by atoms with E-state index in [1.165, 1.54) is 12.1 Å². The highest BCUT2D eigenvalue weighted by molar-refractivity contribution is 5.96. The van der Waals surface area contributed by atoms with Gasteiger partial charge in [0.2, 0.25) is 0 Å². The highest BCUT2D eigenvalue weighted by Gasteiger charge is 2.14. The van der Waals surface area contributed by atoms with Crippen molar-refractivity contribution in [3.63, 3.8) is 0 Å². The molecule has 0 aliphatic heterocycles. The Morgan fingerprint density at radius 3 is 2.14 bits per heavy atom. The summed E-state index contributed by atoms with van der Waals surface area (Å²) in [4.78, 5) is 24.2. The van der Waals surface area contributed by atoms with E-state index >= 15 is 0 Å². The van der Waals surface area contributed by atoms with Crippen LogP contribution in [0.5, 0.6) is 0 Å². The van der Waals surface area contributed by atoms with Crippen LogP contribution in [0.15, 0.2) is 78.9 Å². The first kappa shape index (κ1) is 19.3. The molecule has 1 amide bonds. The van der Waals surface area contributed by atoms with E-state index in [4.69, 9.17) is 4.74 Å². The van der Waals surface area contributed by atoms with Gasteiger partial charge in [0.25, 0.3) is 5.91 Å². The lowest BCUT2D eigenvalue weighted by molar-refractivity contribution is -0.147. The van der Waals surface area contributed by atoms with E-state index in [1.54, 1.807) is 31.2 Å². The molecule has 0 aliphatic rings. The molecule has 1 N–H and O–H groups in total. The van der Waals surface area contributed by atoms with E-state index < -0.39 is 12.1 Å². The quantitative estimate of drug-likeness (QED) is 0.642. The van der Waals surface area contributed by atoms with Gasteiger partial charge in [-0.1, -0.05) is 54.6 Å². The van der Waals surface area contributed by atoms with Gasteiger partial charge in [-0.15, -0.1) is 0 Å². The van der Waals surface area contributed by atoms with Crippen LogP contribution in [0.3, 0.4) is 0 Å². The van der Waals surface area contributed by atoms with Gasteiger partial charge in [-0.2, -0.15) is 0 Å². The Hall–Kier alpha value is -3.47. The highest BCUT2D eigenvalue weighted by Crippen LogP contribution is 2.19. The Morgan fingerprint density at radius 2 is 1.50 bits per heavy atom. The van der Waals surface area contributed by atoms with Gasteiger partial charge in [-0.3, -0.25) is 9.59 Å². The zero-order chi connectivity index (χ0) is 19.9. The first-order valence-electron chi connectivity index (χ1n) is 8.91. The number of carbonyl (C=O) groups excluding carboxylic acids is 2. The van der Waals surface area contributed by atoms with Gasteiger partial charge >= 0.3 is 5.97 Å². The first-order valence-corrected chi connectivity index (χ1v) is 8.91. The molecule has 4 nitrogen and oxygen atoms in total. The SMILES string of the molecule is C[C@H](OC(=O)CNC(=O)c1ccc(-c2ccccc2)cc1)c1ccc(F)cc1. The van der Waals surface area contributed by atoms with Crippen molar-refractivity contribution in [2.24, 2.45) is 0 Å². The number of halogens is 1. The molecule has 0 saturated carbocycles. The molecular formula is C23H20FNO3. The fraction of sp³-hybridized carbons (Fsp3) is 0.130. The third-order valence-electron chi connectivity index (χ3n) is 4.30. The number of rotatable bonds is 6. The van der Waals surface area contributed by atoms with Crippen LogP contribution in [0.1, 0.15) is 28.9 Å². The molecule has 3 aromatic carbocycles. The van der Waals surface area contributed by atoms with Crippen LogP contribution < -0.4 is 5.32 Å². The van der Waals surface area contributed by atoms with Crippen LogP contribution in [0, 0.1) is 5.82 Å². The van der Waals surface area contributed by atoms with Crippen LogP contribution in [0.4, 0.5) is 4.39 Å². The van der Waals surface area contributed by atoms with E-state index in [-0.39, 0.29) is 18.3 Å². The molecular weight excluding hydrogens is 357 g/mol. The molecule has 0 aromatic heterocycles. The molecule has 5 heteroatoms. The maximum absolute atomic E-state index is 12.9. The Balaban J connectivity index is 1.52. The van der Waals surface area contributed by atoms with Crippen molar-refractivity contribution < 1.29 is 18.7 Å². The van der Waals surface area contributed by atoms with Gasteiger partial charge in [0.1, 0.15) is 18.5 Å². The summed E-state index contributed by atoms with van der Waals surface area (Å²) in [7, 11) is 0. The van der Waals surface area contributed by atoms with Crippen molar-refractivity contribution in [2.45, 2.75) is 13.0 Å². The minimum Gasteiger partial charge on any atom is -0.456 e. The van der Waals surface area contributed by atoms with Crippen molar-refractivity contribution in [2.75, 3.05) is 6.54 Å². The molecule has 142 valence electrons. The van der Waals surface area contributed by atoms with E-state index in [9.17, 15) is 14.0 Å². The molecule has 28 heavy (non-hydrogen) atoms. The second kappa shape index (κ2) is 8.95. The number of hydrogen-bond acceptors (Lipinski definition) is 3. The van der Waals surface area contributed by atoms with Gasteiger partial charge in [0.05, 0.1) is 0 Å². The predicted molar refractivity (Wildman–Crippen MR) is 105 cm³/mol. The maximum atomic E-state index is 12.9. The van der Waals surface area contributed by atoms with Crippen LogP contribution in [0.2, 0.25) is 0 Å². The van der Waals surface area contributed by atoms with Crippen LogP contribution in [0.25, 0.3) is 11.1 Å². The minimum atomic E-state index is -0.564. The summed E-state index contributed by atoms with van der Waals surface area (Å²) < 4.78 is 18.2. The summed E-state index contributed by atoms with van der Waals surface area (Å²) in [5.74, 6) is -1.27. The zero-order valence-electron chi connectivity index (χ0n) is 15.4. The number of benzene rings is 3. The average molecular weight is 377 g/mol. The maximum Gasteiger partial charge on any atom is 0.326 e. The second-order valence-electron chi connectivity index (χ2n) is 6.31. The summed E-state index contributed by atoms with van der Waals surface area (Å²) in [6.45, 7) is 1.44. The molecule has 0 heterocycles. The van der Waals surface area contributed by atoms with Crippen molar-refractivity contribution in [1.82, 2.24) is 5.32 Å². The summed E-state index contributed by atoms with van der Waals surface area (Å²) in [5, 5.41) is 2.55. The van der Waals surface area contributed by atoms with Gasteiger partial charge in [-0.05, 0) is 47.9 Å². The van der Waals surface area contributed by atoms with E-state index in [2.05, 4.69) is 5.32 Å². The Kier molecular flexibility index (Phi) is 6.17. The number of carbonyl (C=O) groups is 2. The van der Waals surface area contributed by atoms with Crippen LogP contribution in [-0.4, -0.2) is 18.4 Å². The van der Waals surface area contributed by atoms with E-state index in [0.717, 1.165) is 11.1 Å². The third kappa shape index (κ3) is 5.04. The number of hydrogen-bond donors (Lipinski definition) is 1. The lowest BCUT2D eigenvalue weighted by Crippen LogP contribution is -2.31. The van der Waals surface area contributed by atoms with Crippen molar-refractivity contribution >= 4 is 11.9 Å². The van der Waals surface area contributed by atoms with E-state index in [1.807, 2.05) is 42.5 Å². The summed E-state index contributed by atoms with van der Waals surface area (Å²) in [6.07, 6.45) is -0.532. The van der Waals surface area contributed by atoms with Gasteiger partial charge in [0.15, 0.2) is 0 Å². The van der Waals surface area contributed by atoms with Gasteiger partial charge in [-0.25, -0.2) is 4.39 Å². The molecule has 3 rings (SSSR count). The smallest absolute Gasteiger partial charge is 0.326 e. The van der Waals surface area contributed by atoms with Crippen LogP contribution >= 0.6 is 0 Å². The first-order chi connectivity index (χ1) is 13.5. The number of ether oxygens (including phenoxy) is 1. The largest absolute Gasteiger partial charge is 0.456 e. The zero-order valence-corrected chi connectivity index (χ0v) is 15.4. The topological polar surface area (TPSA) is 55.4 Å². The van der Waals surface area contributed by atoms with E-state index in [0.29, 0.717) is 11.1 Å². The second-order valence-corrected chi connectivity index (χ2v) is 6.31. The molecule has 0 unspecified atom stereocenters. The standard InChI is InChI=1S/C23H20FNO3/c1-16(17-11-13-21(24)14-12-17)28-22(26)15-25-23(27)20-9-7-19(8-10-20)18-5-3-2-4-6-18/h2-14,16H,15H2,1H3,(H,25,27)/t16-/m0/s1. The Morgan fingerprint density at radius 1 is 0.893 bits per heavy atom. The van der Waals surface area contributed by atoms with Crippen LogP contribution in [-0.2, 0) is 9.53 Å².